The Kier molecular flexibility index (Phi) is 2.90. The van der Waals surface area contributed by atoms with E-state index in [0.717, 1.165) is 10.8 Å². The molecule has 1 aliphatic heterocycles. The summed E-state index contributed by atoms with van der Waals surface area (Å²) in [5, 5.41) is 6.52. The Morgan fingerprint density at radius 3 is 2.85 bits per heavy atom. The van der Waals surface area contributed by atoms with E-state index in [2.05, 4.69) is 15.6 Å². The van der Waals surface area contributed by atoms with Crippen molar-refractivity contribution >= 4 is 28.5 Å². The fourth-order valence-corrected chi connectivity index (χ4v) is 2.14. The minimum absolute atomic E-state index is 0.0118. The van der Waals surface area contributed by atoms with E-state index in [0.29, 0.717) is 5.56 Å². The van der Waals surface area contributed by atoms with Crippen LogP contribution >= 0.6 is 0 Å². The number of hydrogen-bond donors (Lipinski definition) is 2. The van der Waals surface area contributed by atoms with Crippen LogP contribution in [0, 0.1) is 0 Å². The molecule has 0 saturated carbocycles. The highest BCUT2D eigenvalue weighted by atomic mass is 16.2. The average molecular weight is 269 g/mol. The summed E-state index contributed by atoms with van der Waals surface area (Å²) in [5.41, 5.74) is 0.441. The summed E-state index contributed by atoms with van der Waals surface area (Å²) >= 11 is 0. The van der Waals surface area contributed by atoms with Crippen LogP contribution in [-0.2, 0) is 9.59 Å². The molecular formula is C14H11N3O3. The van der Waals surface area contributed by atoms with Gasteiger partial charge in [0.15, 0.2) is 0 Å². The van der Waals surface area contributed by atoms with Gasteiger partial charge < -0.3 is 5.32 Å². The number of hydrogen-bond acceptors (Lipinski definition) is 4. The molecule has 1 atom stereocenters. The van der Waals surface area contributed by atoms with Crippen LogP contribution in [0.2, 0.25) is 0 Å². The maximum atomic E-state index is 12.1. The number of carbonyl (C=O) groups excluding carboxylic acids is 3. The van der Waals surface area contributed by atoms with Gasteiger partial charge in [0, 0.05) is 23.3 Å². The van der Waals surface area contributed by atoms with Crippen molar-refractivity contribution in [2.24, 2.45) is 0 Å². The second kappa shape index (κ2) is 4.73. The van der Waals surface area contributed by atoms with Crippen LogP contribution in [0.15, 0.2) is 36.7 Å². The third-order valence-electron chi connectivity index (χ3n) is 3.18. The highest BCUT2D eigenvalue weighted by Gasteiger charge is 2.31. The van der Waals surface area contributed by atoms with Crippen LogP contribution in [0.25, 0.3) is 10.8 Å². The predicted octanol–water partition coefficient (Wildman–Crippen LogP) is 0.380. The smallest absolute Gasteiger partial charge is 0.251 e. The van der Waals surface area contributed by atoms with Crippen LogP contribution in [-0.4, -0.2) is 28.7 Å². The number of imide groups is 1. The molecule has 3 amide bonds. The summed E-state index contributed by atoms with van der Waals surface area (Å²) in [4.78, 5) is 38.6. The van der Waals surface area contributed by atoms with Gasteiger partial charge in [0.1, 0.15) is 6.04 Å². The van der Waals surface area contributed by atoms with Gasteiger partial charge in [-0.15, -0.1) is 0 Å². The number of pyridine rings is 1. The predicted molar refractivity (Wildman–Crippen MR) is 70.8 cm³/mol. The topological polar surface area (TPSA) is 88.2 Å². The molecule has 0 bridgehead atoms. The lowest BCUT2D eigenvalue weighted by Gasteiger charge is -2.09. The Morgan fingerprint density at radius 2 is 2.10 bits per heavy atom. The Balaban J connectivity index is 1.82. The zero-order chi connectivity index (χ0) is 14.1. The molecule has 6 nitrogen and oxygen atoms in total. The van der Waals surface area contributed by atoms with E-state index in [-0.39, 0.29) is 18.2 Å². The van der Waals surface area contributed by atoms with Gasteiger partial charge in [-0.25, -0.2) is 0 Å². The zero-order valence-corrected chi connectivity index (χ0v) is 10.4. The maximum Gasteiger partial charge on any atom is 0.251 e. The first kappa shape index (κ1) is 12.3. The van der Waals surface area contributed by atoms with E-state index in [1.54, 1.807) is 36.7 Å². The van der Waals surface area contributed by atoms with Crippen molar-refractivity contribution in [1.82, 2.24) is 15.6 Å². The lowest BCUT2D eigenvalue weighted by Crippen LogP contribution is -2.40. The zero-order valence-electron chi connectivity index (χ0n) is 10.4. The van der Waals surface area contributed by atoms with Crippen molar-refractivity contribution in [3.8, 4) is 0 Å². The van der Waals surface area contributed by atoms with Gasteiger partial charge >= 0.3 is 0 Å². The van der Waals surface area contributed by atoms with Crippen molar-refractivity contribution < 1.29 is 14.4 Å². The van der Waals surface area contributed by atoms with E-state index in [1.807, 2.05) is 0 Å². The molecule has 0 aliphatic carbocycles. The molecule has 100 valence electrons. The molecule has 1 aromatic heterocycles. The van der Waals surface area contributed by atoms with Gasteiger partial charge in [0.25, 0.3) is 5.91 Å². The minimum atomic E-state index is -0.789. The molecule has 1 aromatic carbocycles. The van der Waals surface area contributed by atoms with E-state index in [9.17, 15) is 14.4 Å². The number of carbonyl (C=O) groups is 3. The number of rotatable bonds is 2. The fraction of sp³-hybridized carbons (Fsp3) is 0.143. The van der Waals surface area contributed by atoms with Crippen LogP contribution in [0.4, 0.5) is 0 Å². The van der Waals surface area contributed by atoms with Gasteiger partial charge in [-0.05, 0) is 23.6 Å². The quantitative estimate of drug-likeness (QED) is 0.771. The molecule has 1 fully saturated rings. The van der Waals surface area contributed by atoms with Crippen molar-refractivity contribution in [3.05, 3.63) is 42.2 Å². The first-order valence-corrected chi connectivity index (χ1v) is 6.12. The molecular weight excluding hydrogens is 258 g/mol. The first-order valence-electron chi connectivity index (χ1n) is 6.12. The molecule has 0 radical (unpaired) electrons. The normalized spacial score (nSPS) is 18.1. The second-order valence-electron chi connectivity index (χ2n) is 4.58. The van der Waals surface area contributed by atoms with E-state index < -0.39 is 11.9 Å². The second-order valence-corrected chi connectivity index (χ2v) is 4.58. The van der Waals surface area contributed by atoms with Gasteiger partial charge in [0.2, 0.25) is 11.8 Å². The number of nitrogens with one attached hydrogen (secondary N) is 2. The molecule has 2 heterocycles. The Bertz CT molecular complexity index is 726. The largest absolute Gasteiger partial charge is 0.340 e. The van der Waals surface area contributed by atoms with E-state index >= 15 is 0 Å². The molecule has 2 N–H and O–H groups in total. The summed E-state index contributed by atoms with van der Waals surface area (Å²) in [6.45, 7) is 0. The summed E-state index contributed by atoms with van der Waals surface area (Å²) in [5.74, 6) is -1.21. The van der Waals surface area contributed by atoms with Gasteiger partial charge in [-0.1, -0.05) is 6.07 Å². The third kappa shape index (κ3) is 2.23. The maximum absolute atomic E-state index is 12.1. The highest BCUT2D eigenvalue weighted by molar-refractivity contribution is 6.08. The van der Waals surface area contributed by atoms with E-state index in [1.165, 1.54) is 0 Å². The number of fused-ring (bicyclic) bond motifs is 1. The Morgan fingerprint density at radius 1 is 1.25 bits per heavy atom. The molecule has 1 unspecified atom stereocenters. The lowest BCUT2D eigenvalue weighted by molar-refractivity contribution is -0.125. The standard InChI is InChI=1S/C14H11N3O3/c18-12-6-11(14(20)17-12)16-13(19)9-1-2-10-7-15-4-3-8(10)5-9/h1-5,7,11H,6H2,(H,16,19)(H,17,18,20). The third-order valence-corrected chi connectivity index (χ3v) is 3.18. The number of amides is 3. The van der Waals surface area contributed by atoms with Crippen molar-refractivity contribution in [1.29, 1.82) is 0 Å². The minimum Gasteiger partial charge on any atom is -0.340 e. The molecule has 0 spiro atoms. The SMILES string of the molecule is O=C1CC(NC(=O)c2ccc3cnccc3c2)C(=O)N1. The van der Waals surface area contributed by atoms with Crippen LogP contribution < -0.4 is 10.6 Å². The summed E-state index contributed by atoms with van der Waals surface area (Å²) in [6.07, 6.45) is 3.34. The Labute approximate surface area is 114 Å². The fourth-order valence-electron chi connectivity index (χ4n) is 2.14. The number of benzene rings is 1. The van der Waals surface area contributed by atoms with Gasteiger partial charge in [-0.3, -0.25) is 24.7 Å². The molecule has 20 heavy (non-hydrogen) atoms. The molecule has 1 saturated heterocycles. The lowest BCUT2D eigenvalue weighted by atomic mass is 10.1. The first-order chi connectivity index (χ1) is 9.63. The monoisotopic (exact) mass is 269 g/mol. The van der Waals surface area contributed by atoms with Crippen LogP contribution in [0.5, 0.6) is 0 Å². The molecule has 6 heteroatoms. The van der Waals surface area contributed by atoms with Gasteiger partial charge in [0.05, 0.1) is 6.42 Å². The summed E-state index contributed by atoms with van der Waals surface area (Å²) in [6, 6.07) is 6.19. The number of nitrogens with zero attached hydrogens (tertiary/aromatic N) is 1. The van der Waals surface area contributed by atoms with Crippen molar-refractivity contribution in [3.63, 3.8) is 0 Å². The van der Waals surface area contributed by atoms with Crippen molar-refractivity contribution in [2.45, 2.75) is 12.5 Å². The van der Waals surface area contributed by atoms with Gasteiger partial charge in [-0.2, -0.15) is 0 Å². The summed E-state index contributed by atoms with van der Waals surface area (Å²) in [7, 11) is 0. The van der Waals surface area contributed by atoms with Crippen molar-refractivity contribution in [2.75, 3.05) is 0 Å². The molecule has 3 rings (SSSR count). The molecule has 2 aromatic rings. The average Bonchev–Trinajstić information content (AvgIpc) is 2.76. The van der Waals surface area contributed by atoms with Crippen LogP contribution in [0.1, 0.15) is 16.8 Å². The summed E-state index contributed by atoms with van der Waals surface area (Å²) < 4.78 is 0. The molecule has 1 aliphatic rings. The Hall–Kier alpha value is -2.76. The number of aromatic nitrogens is 1. The van der Waals surface area contributed by atoms with Crippen LogP contribution in [0.3, 0.4) is 0 Å². The van der Waals surface area contributed by atoms with E-state index in [4.69, 9.17) is 0 Å². The highest BCUT2D eigenvalue weighted by Crippen LogP contribution is 2.15.